The van der Waals surface area contributed by atoms with E-state index in [1.807, 2.05) is 13.8 Å². The molecule has 20 heavy (non-hydrogen) atoms. The predicted molar refractivity (Wildman–Crippen MR) is 78.8 cm³/mol. The molecule has 0 aromatic heterocycles. The third-order valence-corrected chi connectivity index (χ3v) is 3.44. The molecule has 1 N–H and O–H groups in total. The number of hydrogen-bond acceptors (Lipinski definition) is 4. The first-order valence-corrected chi connectivity index (χ1v) is 6.92. The monoisotopic (exact) mass is 343 g/mol. The van der Waals surface area contributed by atoms with E-state index in [-0.39, 0.29) is 11.8 Å². The molecule has 1 rings (SSSR count). The second kappa shape index (κ2) is 7.28. The van der Waals surface area contributed by atoms with Gasteiger partial charge in [0.15, 0.2) is 0 Å². The minimum absolute atomic E-state index is 0.0620. The second-order valence-electron chi connectivity index (χ2n) is 4.57. The van der Waals surface area contributed by atoms with Crippen LogP contribution in [0.1, 0.15) is 24.2 Å². The molecule has 0 fully saturated rings. The Morgan fingerprint density at radius 3 is 2.35 bits per heavy atom. The normalized spacial score (nSPS) is 11.9. The van der Waals surface area contributed by atoms with Gasteiger partial charge in [-0.25, -0.2) is 4.79 Å². The minimum atomic E-state index is -0.673. The van der Waals surface area contributed by atoms with Crippen molar-refractivity contribution in [2.24, 2.45) is 5.92 Å². The smallest absolute Gasteiger partial charge is 0.328 e. The van der Waals surface area contributed by atoms with E-state index in [0.29, 0.717) is 15.8 Å². The van der Waals surface area contributed by atoms with Crippen LogP contribution >= 0.6 is 15.9 Å². The van der Waals surface area contributed by atoms with Gasteiger partial charge < -0.3 is 14.8 Å². The number of methoxy groups -OCH3 is 2. The standard InChI is InChI=1S/C14H18BrNO4/c1-8(2)12(14(18)20-4)16-13(17)9-5-6-11(19-3)10(15)7-9/h5-8,12H,1-4H3,(H,16,17). The fourth-order valence-electron chi connectivity index (χ4n) is 1.66. The van der Waals surface area contributed by atoms with Gasteiger partial charge in [0.25, 0.3) is 5.91 Å². The third-order valence-electron chi connectivity index (χ3n) is 2.82. The van der Waals surface area contributed by atoms with Crippen molar-refractivity contribution in [1.29, 1.82) is 0 Å². The Labute approximate surface area is 126 Å². The molecule has 1 aromatic carbocycles. The van der Waals surface area contributed by atoms with Gasteiger partial charge in [-0.05, 0) is 40.0 Å². The molecule has 1 aromatic rings. The number of benzene rings is 1. The highest BCUT2D eigenvalue weighted by molar-refractivity contribution is 9.10. The number of ether oxygens (including phenoxy) is 2. The molecule has 5 nitrogen and oxygen atoms in total. The minimum Gasteiger partial charge on any atom is -0.496 e. The number of rotatable bonds is 5. The molecule has 6 heteroatoms. The molecule has 1 atom stereocenters. The lowest BCUT2D eigenvalue weighted by Gasteiger charge is -2.20. The zero-order chi connectivity index (χ0) is 15.3. The van der Waals surface area contributed by atoms with Gasteiger partial charge in [-0.2, -0.15) is 0 Å². The van der Waals surface area contributed by atoms with Gasteiger partial charge in [0.05, 0.1) is 18.7 Å². The lowest BCUT2D eigenvalue weighted by molar-refractivity contribution is -0.144. The first-order valence-electron chi connectivity index (χ1n) is 6.13. The van der Waals surface area contributed by atoms with Crippen LogP contribution in [0, 0.1) is 5.92 Å². The van der Waals surface area contributed by atoms with Crippen LogP contribution in [0.3, 0.4) is 0 Å². The number of halogens is 1. The first kappa shape index (κ1) is 16.5. The molecular formula is C14H18BrNO4. The molecular weight excluding hydrogens is 326 g/mol. The summed E-state index contributed by atoms with van der Waals surface area (Å²) in [5.74, 6) is -0.221. The van der Waals surface area contributed by atoms with Crippen molar-refractivity contribution >= 4 is 27.8 Å². The average molecular weight is 344 g/mol. The van der Waals surface area contributed by atoms with Crippen LogP contribution in [-0.4, -0.2) is 32.1 Å². The third kappa shape index (κ3) is 3.96. The molecule has 0 spiro atoms. The van der Waals surface area contributed by atoms with E-state index in [0.717, 1.165) is 0 Å². The van der Waals surface area contributed by atoms with Crippen molar-refractivity contribution in [3.8, 4) is 5.75 Å². The summed E-state index contributed by atoms with van der Waals surface area (Å²) in [5.41, 5.74) is 0.437. The maximum atomic E-state index is 12.2. The molecule has 110 valence electrons. The highest BCUT2D eigenvalue weighted by Crippen LogP contribution is 2.25. The van der Waals surface area contributed by atoms with Gasteiger partial charge in [-0.15, -0.1) is 0 Å². The van der Waals surface area contributed by atoms with Crippen molar-refractivity contribution in [1.82, 2.24) is 5.32 Å². The molecule has 0 saturated carbocycles. The summed E-state index contributed by atoms with van der Waals surface area (Å²) in [4.78, 5) is 23.8. The fraction of sp³-hybridized carbons (Fsp3) is 0.429. The van der Waals surface area contributed by atoms with Gasteiger partial charge in [0, 0.05) is 5.56 Å². The van der Waals surface area contributed by atoms with Crippen LogP contribution in [0.25, 0.3) is 0 Å². The molecule has 0 heterocycles. The molecule has 0 saturated heterocycles. The molecule has 0 radical (unpaired) electrons. The quantitative estimate of drug-likeness (QED) is 0.833. The number of esters is 1. The van der Waals surface area contributed by atoms with E-state index in [9.17, 15) is 9.59 Å². The average Bonchev–Trinajstić information content (AvgIpc) is 2.43. The molecule has 0 aliphatic rings. The van der Waals surface area contributed by atoms with Gasteiger partial charge in [-0.1, -0.05) is 13.8 Å². The fourth-order valence-corrected chi connectivity index (χ4v) is 2.20. The van der Waals surface area contributed by atoms with Crippen molar-refractivity contribution < 1.29 is 19.1 Å². The zero-order valence-electron chi connectivity index (χ0n) is 11.9. The number of amides is 1. The van der Waals surface area contributed by atoms with E-state index >= 15 is 0 Å². The Balaban J connectivity index is 2.89. The Morgan fingerprint density at radius 1 is 1.25 bits per heavy atom. The highest BCUT2D eigenvalue weighted by atomic mass is 79.9. The van der Waals surface area contributed by atoms with Crippen molar-refractivity contribution in [2.45, 2.75) is 19.9 Å². The van der Waals surface area contributed by atoms with Gasteiger partial charge in [0.1, 0.15) is 11.8 Å². The highest BCUT2D eigenvalue weighted by Gasteiger charge is 2.25. The summed E-state index contributed by atoms with van der Waals surface area (Å²) in [6.07, 6.45) is 0. The molecule has 1 amide bonds. The van der Waals surface area contributed by atoms with E-state index in [1.165, 1.54) is 7.11 Å². The summed E-state index contributed by atoms with van der Waals surface area (Å²) in [5, 5.41) is 2.67. The van der Waals surface area contributed by atoms with Crippen molar-refractivity contribution in [2.75, 3.05) is 14.2 Å². The Kier molecular flexibility index (Phi) is 6.01. The van der Waals surface area contributed by atoms with Crippen LogP contribution in [0.2, 0.25) is 0 Å². The first-order chi connectivity index (χ1) is 9.40. The van der Waals surface area contributed by atoms with E-state index < -0.39 is 12.0 Å². The topological polar surface area (TPSA) is 64.6 Å². The Bertz CT molecular complexity index is 502. The van der Waals surface area contributed by atoms with Crippen LogP contribution < -0.4 is 10.1 Å². The van der Waals surface area contributed by atoms with Crippen molar-refractivity contribution in [3.63, 3.8) is 0 Å². The van der Waals surface area contributed by atoms with Gasteiger partial charge in [0.2, 0.25) is 0 Å². The van der Waals surface area contributed by atoms with Crippen LogP contribution in [0.15, 0.2) is 22.7 Å². The number of carbonyl (C=O) groups excluding carboxylic acids is 2. The van der Waals surface area contributed by atoms with E-state index in [4.69, 9.17) is 4.74 Å². The Morgan fingerprint density at radius 2 is 1.90 bits per heavy atom. The summed E-state index contributed by atoms with van der Waals surface area (Å²) in [6.45, 7) is 3.68. The van der Waals surface area contributed by atoms with Crippen LogP contribution in [-0.2, 0) is 9.53 Å². The number of nitrogens with one attached hydrogen (secondary N) is 1. The van der Waals surface area contributed by atoms with Gasteiger partial charge >= 0.3 is 5.97 Å². The van der Waals surface area contributed by atoms with Gasteiger partial charge in [-0.3, -0.25) is 4.79 Å². The molecule has 0 aliphatic carbocycles. The SMILES string of the molecule is COC(=O)C(NC(=O)c1ccc(OC)c(Br)c1)C(C)C. The Hall–Kier alpha value is -1.56. The summed E-state index contributed by atoms with van der Waals surface area (Å²) >= 11 is 3.32. The lowest BCUT2D eigenvalue weighted by atomic mass is 10.0. The maximum Gasteiger partial charge on any atom is 0.328 e. The molecule has 0 aliphatic heterocycles. The summed E-state index contributed by atoms with van der Waals surface area (Å²) < 4.78 is 10.5. The molecule has 1 unspecified atom stereocenters. The van der Waals surface area contributed by atoms with Crippen LogP contribution in [0.4, 0.5) is 0 Å². The van der Waals surface area contributed by atoms with Crippen molar-refractivity contribution in [3.05, 3.63) is 28.2 Å². The summed E-state index contributed by atoms with van der Waals surface area (Å²) in [6, 6.07) is 4.28. The largest absolute Gasteiger partial charge is 0.496 e. The summed E-state index contributed by atoms with van der Waals surface area (Å²) in [7, 11) is 2.85. The zero-order valence-corrected chi connectivity index (χ0v) is 13.5. The van der Waals surface area contributed by atoms with Crippen LogP contribution in [0.5, 0.6) is 5.75 Å². The number of hydrogen-bond donors (Lipinski definition) is 1. The lowest BCUT2D eigenvalue weighted by Crippen LogP contribution is -2.45. The van der Waals surface area contributed by atoms with E-state index in [2.05, 4.69) is 26.0 Å². The second-order valence-corrected chi connectivity index (χ2v) is 5.42. The van der Waals surface area contributed by atoms with E-state index in [1.54, 1.807) is 25.3 Å². The maximum absolute atomic E-state index is 12.2. The molecule has 0 bridgehead atoms. The number of carbonyl (C=O) groups is 2. The predicted octanol–water partition coefficient (Wildman–Crippen LogP) is 2.39.